The van der Waals surface area contributed by atoms with Gasteiger partial charge in [0.2, 0.25) is 0 Å². The first kappa shape index (κ1) is 16.8. The number of hydrogen-bond acceptors (Lipinski definition) is 3. The summed E-state index contributed by atoms with van der Waals surface area (Å²) in [5.74, 6) is 0.365. The molecule has 0 aliphatic rings. The third kappa shape index (κ3) is 6.96. The minimum Gasteiger partial charge on any atom is -0.414 e. The van der Waals surface area contributed by atoms with Crippen molar-refractivity contribution in [1.82, 2.24) is 0 Å². The van der Waals surface area contributed by atoms with Crippen LogP contribution in [0.3, 0.4) is 0 Å². The fourth-order valence-corrected chi connectivity index (χ4v) is 3.26. The lowest BCUT2D eigenvalue weighted by Gasteiger charge is -2.35. The lowest BCUT2D eigenvalue weighted by atomic mass is 9.88. The maximum atomic E-state index is 11.0. The third-order valence-electron chi connectivity index (χ3n) is 2.77. The summed E-state index contributed by atoms with van der Waals surface area (Å²) < 4.78 is 6.13. The lowest BCUT2D eigenvalue weighted by molar-refractivity contribution is -0.120. The molecule has 3 atom stereocenters. The number of aliphatic hydroxyl groups excluding tert-OH is 1. The van der Waals surface area contributed by atoms with E-state index in [0.717, 1.165) is 0 Å². The van der Waals surface area contributed by atoms with Crippen LogP contribution in [0.15, 0.2) is 0 Å². The van der Waals surface area contributed by atoms with Crippen LogP contribution in [0.25, 0.3) is 0 Å². The van der Waals surface area contributed by atoms with Gasteiger partial charge in [-0.3, -0.25) is 4.79 Å². The summed E-state index contributed by atoms with van der Waals surface area (Å²) in [5.41, 5.74) is 0. The van der Waals surface area contributed by atoms with Crippen molar-refractivity contribution in [2.45, 2.75) is 66.0 Å². The quantitative estimate of drug-likeness (QED) is 0.716. The van der Waals surface area contributed by atoms with Crippen LogP contribution in [-0.4, -0.2) is 31.4 Å². The van der Waals surface area contributed by atoms with Crippen LogP contribution < -0.4 is 0 Å². The highest BCUT2D eigenvalue weighted by molar-refractivity contribution is 6.69. The molecule has 0 aromatic rings. The molecule has 0 fully saturated rings. The second-order valence-corrected chi connectivity index (χ2v) is 10.7. The zero-order valence-electron chi connectivity index (χ0n) is 12.3. The Hall–Kier alpha value is -0.193. The molecular weight excluding hydrogens is 232 g/mol. The van der Waals surface area contributed by atoms with Crippen LogP contribution in [0.1, 0.15) is 34.1 Å². The zero-order chi connectivity index (χ0) is 13.8. The van der Waals surface area contributed by atoms with Crippen molar-refractivity contribution in [3.63, 3.8) is 0 Å². The standard InChI is InChI=1S/C13H28O3Si/c1-9(2)13(16-17(5,6)7)11(4)12(15)8-10(3)14/h9,11-13,15H,8H2,1-7H3/t11-,12-,13-/m0/s1. The van der Waals surface area contributed by atoms with Gasteiger partial charge in [0.25, 0.3) is 0 Å². The fourth-order valence-electron chi connectivity index (χ4n) is 1.96. The molecule has 0 aromatic carbocycles. The summed E-state index contributed by atoms with van der Waals surface area (Å²) in [7, 11) is -1.63. The molecular formula is C13H28O3Si. The SMILES string of the molecule is CC(=O)C[C@H](O)[C@H](C)[C@@H](O[Si](C)(C)C)C(C)C. The highest BCUT2D eigenvalue weighted by Gasteiger charge is 2.32. The van der Waals surface area contributed by atoms with Crippen LogP contribution in [-0.2, 0) is 9.22 Å². The molecule has 0 radical (unpaired) electrons. The summed E-state index contributed by atoms with van der Waals surface area (Å²) in [4.78, 5) is 11.0. The van der Waals surface area contributed by atoms with E-state index in [1.54, 1.807) is 0 Å². The summed E-state index contributed by atoms with van der Waals surface area (Å²) >= 11 is 0. The predicted octanol–water partition coefficient (Wildman–Crippen LogP) is 2.84. The molecule has 0 rings (SSSR count). The molecule has 17 heavy (non-hydrogen) atoms. The second-order valence-electron chi connectivity index (χ2n) is 6.27. The Morgan fingerprint density at radius 2 is 1.71 bits per heavy atom. The van der Waals surface area contributed by atoms with Crippen molar-refractivity contribution in [3.8, 4) is 0 Å². The van der Waals surface area contributed by atoms with E-state index in [0.29, 0.717) is 5.92 Å². The second kappa shape index (κ2) is 6.66. The van der Waals surface area contributed by atoms with Crippen molar-refractivity contribution in [1.29, 1.82) is 0 Å². The smallest absolute Gasteiger partial charge is 0.184 e. The Kier molecular flexibility index (Phi) is 6.59. The van der Waals surface area contributed by atoms with Crippen LogP contribution in [0, 0.1) is 11.8 Å². The van der Waals surface area contributed by atoms with Crippen molar-refractivity contribution in [2.24, 2.45) is 11.8 Å². The van der Waals surface area contributed by atoms with Gasteiger partial charge in [0, 0.05) is 12.3 Å². The van der Waals surface area contributed by atoms with Gasteiger partial charge in [-0.1, -0.05) is 20.8 Å². The molecule has 0 amide bonds. The van der Waals surface area contributed by atoms with Crippen molar-refractivity contribution in [3.05, 3.63) is 0 Å². The van der Waals surface area contributed by atoms with Crippen LogP contribution in [0.2, 0.25) is 19.6 Å². The van der Waals surface area contributed by atoms with Crippen molar-refractivity contribution >= 4 is 14.1 Å². The maximum absolute atomic E-state index is 11.0. The molecule has 0 saturated heterocycles. The number of Topliss-reactive ketones (excluding diaryl/α,β-unsaturated/α-hetero) is 1. The van der Waals surface area contributed by atoms with Crippen molar-refractivity contribution in [2.75, 3.05) is 0 Å². The molecule has 0 spiro atoms. The number of hydrogen-bond donors (Lipinski definition) is 1. The number of carbonyl (C=O) groups excluding carboxylic acids is 1. The molecule has 0 aliphatic heterocycles. The van der Waals surface area contributed by atoms with Gasteiger partial charge in [0.1, 0.15) is 5.78 Å². The molecule has 102 valence electrons. The van der Waals surface area contributed by atoms with E-state index in [2.05, 4.69) is 33.5 Å². The van der Waals surface area contributed by atoms with E-state index in [1.165, 1.54) is 6.92 Å². The topological polar surface area (TPSA) is 46.5 Å². The summed E-state index contributed by atoms with van der Waals surface area (Å²) in [6.45, 7) is 14.1. The molecule has 4 heteroatoms. The molecule has 1 N–H and O–H groups in total. The number of aliphatic hydroxyl groups is 1. The van der Waals surface area contributed by atoms with E-state index in [-0.39, 0.29) is 24.2 Å². The monoisotopic (exact) mass is 260 g/mol. The van der Waals surface area contributed by atoms with Gasteiger partial charge >= 0.3 is 0 Å². The number of carbonyl (C=O) groups is 1. The van der Waals surface area contributed by atoms with Crippen LogP contribution in [0.4, 0.5) is 0 Å². The average molecular weight is 260 g/mol. The summed E-state index contributed by atoms with van der Waals surface area (Å²) in [6.07, 6.45) is -0.355. The first-order valence-electron chi connectivity index (χ1n) is 6.40. The largest absolute Gasteiger partial charge is 0.414 e. The number of ketones is 1. The Morgan fingerprint density at radius 1 is 1.24 bits per heavy atom. The van der Waals surface area contributed by atoms with E-state index < -0.39 is 14.4 Å². The number of rotatable bonds is 7. The average Bonchev–Trinajstić information content (AvgIpc) is 2.10. The van der Waals surface area contributed by atoms with Gasteiger partial charge in [-0.2, -0.15) is 0 Å². The van der Waals surface area contributed by atoms with E-state index >= 15 is 0 Å². The van der Waals surface area contributed by atoms with Crippen LogP contribution in [0.5, 0.6) is 0 Å². The van der Waals surface area contributed by atoms with Gasteiger partial charge in [0.05, 0.1) is 12.2 Å². The zero-order valence-corrected chi connectivity index (χ0v) is 13.3. The Labute approximate surface area is 107 Å². The van der Waals surface area contributed by atoms with Gasteiger partial charge in [0.15, 0.2) is 8.32 Å². The van der Waals surface area contributed by atoms with E-state index in [4.69, 9.17) is 4.43 Å². The molecule has 0 unspecified atom stereocenters. The molecule has 0 saturated carbocycles. The highest BCUT2D eigenvalue weighted by atomic mass is 28.4. The van der Waals surface area contributed by atoms with E-state index in [9.17, 15) is 9.90 Å². The Morgan fingerprint density at radius 3 is 2.00 bits per heavy atom. The molecule has 3 nitrogen and oxygen atoms in total. The predicted molar refractivity (Wildman–Crippen MR) is 73.5 cm³/mol. The normalized spacial score (nSPS) is 17.9. The summed E-state index contributed by atoms with van der Waals surface area (Å²) in [6, 6.07) is 0. The fraction of sp³-hybridized carbons (Fsp3) is 0.923. The molecule has 0 heterocycles. The van der Waals surface area contributed by atoms with Gasteiger partial charge in [-0.25, -0.2) is 0 Å². The first-order valence-corrected chi connectivity index (χ1v) is 9.80. The molecule has 0 aromatic heterocycles. The molecule has 0 bridgehead atoms. The molecule has 0 aliphatic carbocycles. The minimum atomic E-state index is -1.63. The highest BCUT2D eigenvalue weighted by Crippen LogP contribution is 2.25. The Balaban J connectivity index is 4.64. The van der Waals surface area contributed by atoms with Gasteiger partial charge in [-0.15, -0.1) is 0 Å². The minimum absolute atomic E-state index is 0.00868. The van der Waals surface area contributed by atoms with Crippen LogP contribution >= 0.6 is 0 Å². The van der Waals surface area contributed by atoms with Gasteiger partial charge < -0.3 is 9.53 Å². The first-order chi connectivity index (χ1) is 7.54. The van der Waals surface area contributed by atoms with Gasteiger partial charge in [-0.05, 0) is 32.5 Å². The van der Waals surface area contributed by atoms with Crippen molar-refractivity contribution < 1.29 is 14.3 Å². The summed E-state index contributed by atoms with van der Waals surface area (Å²) in [5, 5.41) is 10.0. The lowest BCUT2D eigenvalue weighted by Crippen LogP contribution is -2.42. The Bertz CT molecular complexity index is 246. The van der Waals surface area contributed by atoms with E-state index in [1.807, 2.05) is 6.92 Å². The maximum Gasteiger partial charge on any atom is 0.184 e. The third-order valence-corrected chi connectivity index (χ3v) is 3.75.